The highest BCUT2D eigenvalue weighted by Gasteiger charge is 2.22. The van der Waals surface area contributed by atoms with Crippen LogP contribution in [-0.2, 0) is 6.54 Å². The van der Waals surface area contributed by atoms with E-state index in [1.165, 1.54) is 23.9 Å². The number of aryl methyl sites for hydroxylation is 2. The number of benzene rings is 1. The number of rotatable bonds is 5. The Balaban J connectivity index is 1.86. The largest absolute Gasteiger partial charge is 0.494 e. The molecule has 12 heteroatoms. The molecule has 9 nitrogen and oxygen atoms in total. The van der Waals surface area contributed by atoms with Gasteiger partial charge in [0.05, 0.1) is 64.8 Å². The lowest BCUT2D eigenvalue weighted by molar-refractivity contribution is 0.387. The first kappa shape index (κ1) is 22.8. The van der Waals surface area contributed by atoms with Gasteiger partial charge in [-0.1, -0.05) is 11.6 Å². The number of hydrogen-bond acceptors (Lipinski definition) is 7. The van der Waals surface area contributed by atoms with Gasteiger partial charge in [0, 0.05) is 17.0 Å². The SMILES string of the molecule is COc1cc(-c2cc3c(s2)c(=O)n(-c2cncc4[nH]nc(C)c24)c(=O)n3CCC#N)c(Cl)cc1F. The molecule has 4 heterocycles. The maximum atomic E-state index is 14.1. The number of hydrogen-bond donors (Lipinski definition) is 1. The molecule has 0 spiro atoms. The van der Waals surface area contributed by atoms with E-state index in [2.05, 4.69) is 15.2 Å². The van der Waals surface area contributed by atoms with Crippen molar-refractivity contribution in [1.29, 1.82) is 5.26 Å². The highest BCUT2D eigenvalue weighted by Crippen LogP contribution is 2.39. The minimum atomic E-state index is -0.619. The zero-order valence-corrected chi connectivity index (χ0v) is 20.0. The van der Waals surface area contributed by atoms with Gasteiger partial charge in [-0.2, -0.15) is 10.4 Å². The van der Waals surface area contributed by atoms with E-state index < -0.39 is 17.1 Å². The second-order valence-corrected chi connectivity index (χ2v) is 9.12. The molecule has 176 valence electrons. The standard InChI is InChI=1S/C23H16ClFN6O3S/c1-11-20-15(29-28-11)9-27-10-17(20)31-22(32)21-16(30(23(31)33)5-3-4-26)8-19(35-21)12-6-18(34-2)14(25)7-13(12)24/h6-10H,3,5H2,1-2H3,(H,28,29). The van der Waals surface area contributed by atoms with Gasteiger partial charge in [0.1, 0.15) is 4.70 Å². The molecule has 0 atom stereocenters. The van der Waals surface area contributed by atoms with Crippen LogP contribution in [0.2, 0.25) is 5.02 Å². The quantitative estimate of drug-likeness (QED) is 0.379. The lowest BCUT2D eigenvalue weighted by Gasteiger charge is -2.11. The van der Waals surface area contributed by atoms with E-state index in [9.17, 15) is 14.0 Å². The molecule has 0 radical (unpaired) electrons. The second-order valence-electron chi connectivity index (χ2n) is 7.66. The maximum absolute atomic E-state index is 14.1. The molecule has 0 fully saturated rings. The lowest BCUT2D eigenvalue weighted by atomic mass is 10.1. The minimum Gasteiger partial charge on any atom is -0.494 e. The first-order valence-corrected chi connectivity index (χ1v) is 11.5. The summed E-state index contributed by atoms with van der Waals surface area (Å²) in [7, 11) is 1.34. The van der Waals surface area contributed by atoms with E-state index in [4.69, 9.17) is 21.6 Å². The summed E-state index contributed by atoms with van der Waals surface area (Å²) in [5.41, 5.74) is 1.11. The van der Waals surface area contributed by atoms with Crippen molar-refractivity contribution in [2.75, 3.05) is 7.11 Å². The Hall–Kier alpha value is -4.01. The van der Waals surface area contributed by atoms with Crippen LogP contribution in [0.4, 0.5) is 4.39 Å². The van der Waals surface area contributed by atoms with Crippen molar-refractivity contribution >= 4 is 44.1 Å². The van der Waals surface area contributed by atoms with Crippen molar-refractivity contribution in [3.8, 4) is 27.9 Å². The molecule has 5 aromatic rings. The molecule has 35 heavy (non-hydrogen) atoms. The summed E-state index contributed by atoms with van der Waals surface area (Å²) in [5, 5.41) is 16.9. The molecule has 0 aliphatic carbocycles. The average Bonchev–Trinajstić information content (AvgIpc) is 3.44. The predicted octanol–water partition coefficient (Wildman–Crippen LogP) is 4.18. The highest BCUT2D eigenvalue weighted by atomic mass is 35.5. The molecule has 1 aromatic carbocycles. The predicted molar refractivity (Wildman–Crippen MR) is 131 cm³/mol. The van der Waals surface area contributed by atoms with Crippen molar-refractivity contribution in [2.24, 2.45) is 0 Å². The summed E-state index contributed by atoms with van der Waals surface area (Å²) in [6.45, 7) is 1.82. The number of nitrogens with one attached hydrogen (secondary N) is 1. The fraction of sp³-hybridized carbons (Fsp3) is 0.174. The molecule has 1 N–H and O–H groups in total. The van der Waals surface area contributed by atoms with Crippen molar-refractivity contribution < 1.29 is 9.13 Å². The van der Waals surface area contributed by atoms with Crippen LogP contribution in [0.25, 0.3) is 37.2 Å². The Morgan fingerprint density at radius 2 is 2.09 bits per heavy atom. The van der Waals surface area contributed by atoms with Crippen LogP contribution >= 0.6 is 22.9 Å². The zero-order valence-electron chi connectivity index (χ0n) is 18.4. The zero-order chi connectivity index (χ0) is 24.9. The summed E-state index contributed by atoms with van der Waals surface area (Å²) in [6.07, 6.45) is 3.05. The van der Waals surface area contributed by atoms with Crippen molar-refractivity contribution in [3.63, 3.8) is 0 Å². The third kappa shape index (κ3) is 3.58. The molecule has 5 rings (SSSR count). The van der Waals surface area contributed by atoms with E-state index in [1.807, 2.05) is 6.07 Å². The first-order chi connectivity index (χ1) is 16.8. The molecule has 0 aliphatic rings. The Kier molecular flexibility index (Phi) is 5.62. The van der Waals surface area contributed by atoms with E-state index >= 15 is 0 Å². The normalized spacial score (nSPS) is 11.3. The third-order valence-electron chi connectivity index (χ3n) is 5.65. The number of nitrogens with zero attached hydrogens (tertiary/aromatic N) is 5. The number of halogens is 2. The molecule has 0 aliphatic heterocycles. The van der Waals surface area contributed by atoms with E-state index in [0.29, 0.717) is 32.6 Å². The highest BCUT2D eigenvalue weighted by molar-refractivity contribution is 7.22. The van der Waals surface area contributed by atoms with Crippen LogP contribution in [0.15, 0.2) is 40.2 Å². The van der Waals surface area contributed by atoms with Gasteiger partial charge in [0.15, 0.2) is 11.6 Å². The Bertz CT molecular complexity index is 1800. The fourth-order valence-electron chi connectivity index (χ4n) is 4.03. The van der Waals surface area contributed by atoms with Gasteiger partial charge in [0.25, 0.3) is 5.56 Å². The number of pyridine rings is 1. The number of aromatic amines is 1. The molecular formula is C23H16ClFN6O3S. The first-order valence-electron chi connectivity index (χ1n) is 10.3. The number of methoxy groups -OCH3 is 1. The smallest absolute Gasteiger partial charge is 0.336 e. The monoisotopic (exact) mass is 510 g/mol. The second kappa shape index (κ2) is 8.65. The van der Waals surface area contributed by atoms with Gasteiger partial charge >= 0.3 is 5.69 Å². The van der Waals surface area contributed by atoms with Crippen LogP contribution in [0.1, 0.15) is 12.1 Å². The van der Waals surface area contributed by atoms with Crippen molar-refractivity contribution in [2.45, 2.75) is 19.9 Å². The van der Waals surface area contributed by atoms with Crippen LogP contribution < -0.4 is 16.0 Å². The van der Waals surface area contributed by atoms with E-state index in [0.717, 1.165) is 22.0 Å². The number of ether oxygens (including phenoxy) is 1. The number of nitriles is 1. The number of H-pyrrole nitrogens is 1. The van der Waals surface area contributed by atoms with Gasteiger partial charge in [-0.05, 0) is 25.1 Å². The molecule has 4 aromatic heterocycles. The molecular weight excluding hydrogens is 495 g/mol. The lowest BCUT2D eigenvalue weighted by Crippen LogP contribution is -2.38. The van der Waals surface area contributed by atoms with Crippen molar-refractivity contribution in [3.05, 3.63) is 68.0 Å². The van der Waals surface area contributed by atoms with Gasteiger partial charge in [-0.3, -0.25) is 19.4 Å². The fourth-order valence-corrected chi connectivity index (χ4v) is 5.46. The van der Waals surface area contributed by atoms with Crippen LogP contribution in [0.3, 0.4) is 0 Å². The summed E-state index contributed by atoms with van der Waals surface area (Å²) in [6, 6.07) is 6.26. The molecule has 0 amide bonds. The van der Waals surface area contributed by atoms with Gasteiger partial charge < -0.3 is 4.74 Å². The molecule has 0 bridgehead atoms. The van der Waals surface area contributed by atoms with Gasteiger partial charge in [0.2, 0.25) is 0 Å². The van der Waals surface area contributed by atoms with Gasteiger partial charge in [-0.15, -0.1) is 11.3 Å². The summed E-state index contributed by atoms with van der Waals surface area (Å²) < 4.78 is 21.9. The Labute approximate surface area is 205 Å². The maximum Gasteiger partial charge on any atom is 0.336 e. The van der Waals surface area contributed by atoms with Crippen LogP contribution in [0.5, 0.6) is 5.75 Å². The van der Waals surface area contributed by atoms with Gasteiger partial charge in [-0.25, -0.2) is 13.8 Å². The topological polar surface area (TPSA) is 119 Å². The number of fused-ring (bicyclic) bond motifs is 2. The average molecular weight is 511 g/mol. The molecule has 0 unspecified atom stereocenters. The van der Waals surface area contributed by atoms with Crippen molar-refractivity contribution in [1.82, 2.24) is 24.3 Å². The Morgan fingerprint density at radius 3 is 2.83 bits per heavy atom. The van der Waals surface area contributed by atoms with E-state index in [1.54, 1.807) is 19.2 Å². The summed E-state index contributed by atoms with van der Waals surface area (Å²) >= 11 is 7.42. The number of aromatic nitrogens is 5. The molecule has 0 saturated carbocycles. The summed E-state index contributed by atoms with van der Waals surface area (Å²) in [4.78, 5) is 32.0. The summed E-state index contributed by atoms with van der Waals surface area (Å²) in [5.74, 6) is -0.624. The number of thiophene rings is 1. The van der Waals surface area contributed by atoms with Crippen LogP contribution in [-0.4, -0.2) is 31.4 Å². The Morgan fingerprint density at radius 1 is 1.29 bits per heavy atom. The minimum absolute atomic E-state index is 0.00526. The van der Waals surface area contributed by atoms with E-state index in [-0.39, 0.29) is 34.1 Å². The third-order valence-corrected chi connectivity index (χ3v) is 7.11. The molecule has 0 saturated heterocycles. The van der Waals surface area contributed by atoms with Crippen LogP contribution in [0, 0.1) is 24.1 Å².